The van der Waals surface area contributed by atoms with Crippen LogP contribution in [0.4, 0.5) is 0 Å². The van der Waals surface area contributed by atoms with Gasteiger partial charge in [0.2, 0.25) is 10.8 Å². The largest absolute Gasteiger partial charge is 0.461 e. The predicted octanol–water partition coefficient (Wildman–Crippen LogP) is 2.50. The van der Waals surface area contributed by atoms with Crippen molar-refractivity contribution >= 4 is 28.3 Å². The number of fused-ring (bicyclic) bond motifs is 1. The molecule has 0 N–H and O–H groups in total. The number of thiazole rings is 1. The number of esters is 1. The van der Waals surface area contributed by atoms with Gasteiger partial charge in [-0.25, -0.2) is 0 Å². The molecule has 0 spiro atoms. The van der Waals surface area contributed by atoms with Crippen molar-refractivity contribution < 1.29 is 13.9 Å². The lowest BCUT2D eigenvalue weighted by Gasteiger charge is -2.10. The SMILES string of the molecule is CC(=O)Oc1c(C)cc(C=c2sc3nc(-c4ccco4)nn3c2=O)cc1C. The summed E-state index contributed by atoms with van der Waals surface area (Å²) >= 11 is 1.26. The van der Waals surface area contributed by atoms with E-state index in [1.54, 1.807) is 18.2 Å². The van der Waals surface area contributed by atoms with Gasteiger partial charge in [-0.3, -0.25) is 9.59 Å². The van der Waals surface area contributed by atoms with Crippen LogP contribution in [-0.2, 0) is 4.79 Å². The molecule has 7 nitrogen and oxygen atoms in total. The molecule has 0 bridgehead atoms. The number of hydrogen-bond acceptors (Lipinski definition) is 7. The number of aryl methyl sites for hydroxylation is 2. The normalized spacial score (nSPS) is 12.0. The molecular weight excluding hydrogens is 366 g/mol. The molecule has 0 amide bonds. The summed E-state index contributed by atoms with van der Waals surface area (Å²) in [5, 5.41) is 4.23. The number of carbonyl (C=O) groups excluding carboxylic acids is 1. The number of benzene rings is 1. The van der Waals surface area contributed by atoms with Crippen molar-refractivity contribution in [1.82, 2.24) is 14.6 Å². The Morgan fingerprint density at radius 2 is 2.04 bits per heavy atom. The summed E-state index contributed by atoms with van der Waals surface area (Å²) in [4.78, 5) is 28.7. The number of rotatable bonds is 3. The molecule has 0 aliphatic heterocycles. The minimum atomic E-state index is -0.363. The standard InChI is InChI=1S/C19H15N3O4S/c1-10-7-13(8-11(2)16(10)26-12(3)23)9-15-18(24)22-19(27-15)20-17(21-22)14-5-4-6-25-14/h4-9H,1-3H3. The molecule has 1 aromatic carbocycles. The highest BCUT2D eigenvalue weighted by Crippen LogP contribution is 2.25. The first-order valence-corrected chi connectivity index (χ1v) is 8.99. The number of ether oxygens (including phenoxy) is 1. The van der Waals surface area contributed by atoms with Crippen LogP contribution in [0, 0.1) is 13.8 Å². The fourth-order valence-electron chi connectivity index (χ4n) is 2.87. The van der Waals surface area contributed by atoms with E-state index in [4.69, 9.17) is 9.15 Å². The van der Waals surface area contributed by atoms with Gasteiger partial charge in [-0.2, -0.15) is 9.50 Å². The predicted molar refractivity (Wildman–Crippen MR) is 101 cm³/mol. The fraction of sp³-hybridized carbons (Fsp3) is 0.158. The topological polar surface area (TPSA) is 86.7 Å². The minimum Gasteiger partial charge on any atom is -0.461 e. The number of nitrogens with zero attached hydrogens (tertiary/aromatic N) is 3. The van der Waals surface area contributed by atoms with Gasteiger partial charge in [-0.05, 0) is 60.9 Å². The van der Waals surface area contributed by atoms with E-state index >= 15 is 0 Å². The van der Waals surface area contributed by atoms with Crippen LogP contribution < -0.4 is 14.8 Å². The first-order chi connectivity index (χ1) is 12.9. The average Bonchev–Trinajstić information content (AvgIpc) is 3.30. The Balaban J connectivity index is 1.77. The Kier molecular flexibility index (Phi) is 4.12. The summed E-state index contributed by atoms with van der Waals surface area (Å²) in [6.45, 7) is 5.09. The second-order valence-electron chi connectivity index (χ2n) is 6.10. The van der Waals surface area contributed by atoms with Gasteiger partial charge >= 0.3 is 5.97 Å². The number of carbonyl (C=O) groups is 1. The van der Waals surface area contributed by atoms with Crippen molar-refractivity contribution in [3.8, 4) is 17.3 Å². The van der Waals surface area contributed by atoms with Gasteiger partial charge in [0.05, 0.1) is 10.8 Å². The van der Waals surface area contributed by atoms with Crippen molar-refractivity contribution in [2.45, 2.75) is 20.8 Å². The van der Waals surface area contributed by atoms with Crippen LogP contribution in [0.1, 0.15) is 23.6 Å². The maximum absolute atomic E-state index is 12.6. The van der Waals surface area contributed by atoms with Gasteiger partial charge in [0.1, 0.15) is 5.75 Å². The molecule has 0 radical (unpaired) electrons. The van der Waals surface area contributed by atoms with Crippen LogP contribution in [0.3, 0.4) is 0 Å². The molecule has 3 aromatic heterocycles. The molecule has 3 heterocycles. The third kappa shape index (κ3) is 3.15. The molecule has 4 aromatic rings. The Hall–Kier alpha value is -3.26. The highest BCUT2D eigenvalue weighted by Gasteiger charge is 2.14. The molecule has 0 unspecified atom stereocenters. The van der Waals surface area contributed by atoms with E-state index in [0.29, 0.717) is 26.8 Å². The van der Waals surface area contributed by atoms with Gasteiger partial charge in [0, 0.05) is 6.92 Å². The summed E-state index contributed by atoms with van der Waals surface area (Å²) in [6, 6.07) is 7.23. The Labute approximate surface area is 157 Å². The smallest absolute Gasteiger partial charge is 0.308 e. The first-order valence-electron chi connectivity index (χ1n) is 8.17. The molecule has 0 saturated carbocycles. The van der Waals surface area contributed by atoms with Crippen LogP contribution >= 0.6 is 11.3 Å². The summed E-state index contributed by atoms with van der Waals surface area (Å²) in [5.41, 5.74) is 2.25. The van der Waals surface area contributed by atoms with Gasteiger partial charge < -0.3 is 9.15 Å². The second kappa shape index (κ2) is 6.48. The Morgan fingerprint density at radius 3 is 2.63 bits per heavy atom. The average molecular weight is 381 g/mol. The fourth-order valence-corrected chi connectivity index (χ4v) is 3.77. The Morgan fingerprint density at radius 1 is 1.30 bits per heavy atom. The number of furan rings is 1. The lowest BCUT2D eigenvalue weighted by molar-refractivity contribution is -0.131. The molecule has 136 valence electrons. The zero-order valence-corrected chi connectivity index (χ0v) is 15.7. The van der Waals surface area contributed by atoms with E-state index in [-0.39, 0.29) is 11.5 Å². The van der Waals surface area contributed by atoms with Crippen molar-refractivity contribution in [3.63, 3.8) is 0 Å². The van der Waals surface area contributed by atoms with E-state index in [9.17, 15) is 9.59 Å². The molecular formula is C19H15N3O4S. The highest BCUT2D eigenvalue weighted by atomic mass is 32.1. The van der Waals surface area contributed by atoms with Gasteiger partial charge in [-0.1, -0.05) is 11.3 Å². The summed E-state index contributed by atoms with van der Waals surface area (Å²) in [5.74, 6) is 1.08. The van der Waals surface area contributed by atoms with E-state index in [0.717, 1.165) is 16.7 Å². The third-order valence-electron chi connectivity index (χ3n) is 3.95. The van der Waals surface area contributed by atoms with Gasteiger partial charge in [-0.15, -0.1) is 5.10 Å². The Bertz CT molecular complexity index is 1250. The quantitative estimate of drug-likeness (QED) is 0.400. The molecule has 0 aliphatic rings. The first kappa shape index (κ1) is 17.2. The molecule has 0 aliphatic carbocycles. The second-order valence-corrected chi connectivity index (χ2v) is 7.11. The van der Waals surface area contributed by atoms with Crippen LogP contribution in [0.5, 0.6) is 5.75 Å². The van der Waals surface area contributed by atoms with Gasteiger partial charge in [0.15, 0.2) is 5.76 Å². The zero-order valence-electron chi connectivity index (χ0n) is 14.8. The minimum absolute atomic E-state index is 0.236. The van der Waals surface area contributed by atoms with Crippen LogP contribution in [0.25, 0.3) is 22.6 Å². The van der Waals surface area contributed by atoms with Crippen molar-refractivity contribution in [2.75, 3.05) is 0 Å². The van der Waals surface area contributed by atoms with E-state index in [1.165, 1.54) is 29.0 Å². The zero-order chi connectivity index (χ0) is 19.1. The maximum atomic E-state index is 12.6. The van der Waals surface area contributed by atoms with Crippen LogP contribution in [-0.4, -0.2) is 20.6 Å². The monoisotopic (exact) mass is 381 g/mol. The number of hydrogen-bond donors (Lipinski definition) is 0. The third-order valence-corrected chi connectivity index (χ3v) is 4.91. The molecule has 4 rings (SSSR count). The van der Waals surface area contributed by atoms with Crippen molar-refractivity contribution in [3.05, 3.63) is 62.1 Å². The van der Waals surface area contributed by atoms with Gasteiger partial charge in [0.25, 0.3) is 5.56 Å². The van der Waals surface area contributed by atoms with Crippen molar-refractivity contribution in [1.29, 1.82) is 0 Å². The van der Waals surface area contributed by atoms with E-state index in [1.807, 2.05) is 26.0 Å². The summed E-state index contributed by atoms with van der Waals surface area (Å²) in [7, 11) is 0. The summed E-state index contributed by atoms with van der Waals surface area (Å²) < 4.78 is 12.3. The number of aromatic nitrogens is 3. The molecule has 0 atom stereocenters. The van der Waals surface area contributed by atoms with Crippen LogP contribution in [0.2, 0.25) is 0 Å². The molecule has 0 saturated heterocycles. The lowest BCUT2D eigenvalue weighted by Crippen LogP contribution is -2.23. The molecule has 8 heteroatoms. The van der Waals surface area contributed by atoms with Crippen molar-refractivity contribution in [2.24, 2.45) is 0 Å². The van der Waals surface area contributed by atoms with E-state index in [2.05, 4.69) is 10.1 Å². The molecule has 0 fully saturated rings. The summed E-state index contributed by atoms with van der Waals surface area (Å²) in [6.07, 6.45) is 3.32. The lowest BCUT2D eigenvalue weighted by atomic mass is 10.1. The van der Waals surface area contributed by atoms with E-state index < -0.39 is 0 Å². The van der Waals surface area contributed by atoms with Crippen LogP contribution in [0.15, 0.2) is 39.7 Å². The molecule has 27 heavy (non-hydrogen) atoms. The maximum Gasteiger partial charge on any atom is 0.308 e. The highest BCUT2D eigenvalue weighted by molar-refractivity contribution is 7.15.